The lowest BCUT2D eigenvalue weighted by Gasteiger charge is -2.36. The van der Waals surface area contributed by atoms with E-state index in [1.807, 2.05) is 6.07 Å². The monoisotopic (exact) mass is 248 g/mol. The summed E-state index contributed by atoms with van der Waals surface area (Å²) in [5, 5.41) is 3.61. The average Bonchev–Trinajstić information content (AvgIpc) is 2.39. The highest BCUT2D eigenvalue weighted by Crippen LogP contribution is 2.15. The Morgan fingerprint density at radius 1 is 1.44 bits per heavy atom. The molecule has 1 atom stereocenters. The first-order valence-electron chi connectivity index (χ1n) is 6.79. The van der Waals surface area contributed by atoms with Crippen molar-refractivity contribution in [3.63, 3.8) is 0 Å². The number of piperazine rings is 1. The average molecular weight is 248 g/mol. The summed E-state index contributed by atoms with van der Waals surface area (Å²) in [5.74, 6) is 0.948. The molecule has 0 spiro atoms. The predicted octanol–water partition coefficient (Wildman–Crippen LogP) is 1.92. The fourth-order valence-corrected chi connectivity index (χ4v) is 2.54. The first kappa shape index (κ1) is 13.4. The number of hydrogen-bond donors (Lipinski definition) is 1. The summed E-state index contributed by atoms with van der Waals surface area (Å²) >= 11 is 0. The Balaban J connectivity index is 1.95. The molecule has 1 unspecified atom stereocenters. The Labute approximate surface area is 110 Å². The van der Waals surface area contributed by atoms with Crippen LogP contribution >= 0.6 is 0 Å². The minimum absolute atomic E-state index is 0.549. The normalized spacial score (nSPS) is 21.2. The van der Waals surface area contributed by atoms with Crippen LogP contribution in [-0.2, 0) is 6.42 Å². The molecule has 100 valence electrons. The minimum Gasteiger partial charge on any atom is -0.497 e. The van der Waals surface area contributed by atoms with E-state index in [0.29, 0.717) is 12.1 Å². The van der Waals surface area contributed by atoms with Crippen molar-refractivity contribution in [3.05, 3.63) is 29.8 Å². The van der Waals surface area contributed by atoms with Crippen LogP contribution in [0.4, 0.5) is 0 Å². The summed E-state index contributed by atoms with van der Waals surface area (Å²) in [6.45, 7) is 7.93. The molecule has 1 saturated heterocycles. The topological polar surface area (TPSA) is 24.5 Å². The molecule has 3 nitrogen and oxygen atoms in total. The maximum atomic E-state index is 5.27. The number of ether oxygens (including phenoxy) is 1. The van der Waals surface area contributed by atoms with E-state index < -0.39 is 0 Å². The highest BCUT2D eigenvalue weighted by atomic mass is 16.5. The molecule has 2 rings (SSSR count). The number of methoxy groups -OCH3 is 1. The van der Waals surface area contributed by atoms with Gasteiger partial charge in [-0.2, -0.15) is 0 Å². The van der Waals surface area contributed by atoms with E-state index >= 15 is 0 Å². The zero-order chi connectivity index (χ0) is 13.0. The van der Waals surface area contributed by atoms with Crippen LogP contribution in [0.5, 0.6) is 5.75 Å². The SMILES string of the molecule is COc1cccc(CC2CN(C(C)C)CCN2)c1. The van der Waals surface area contributed by atoms with Gasteiger partial charge in [0.1, 0.15) is 5.75 Å². The Morgan fingerprint density at radius 2 is 2.28 bits per heavy atom. The van der Waals surface area contributed by atoms with Gasteiger partial charge in [0.05, 0.1) is 7.11 Å². The van der Waals surface area contributed by atoms with Crippen molar-refractivity contribution in [1.82, 2.24) is 10.2 Å². The van der Waals surface area contributed by atoms with Gasteiger partial charge in [-0.05, 0) is 38.0 Å². The van der Waals surface area contributed by atoms with Gasteiger partial charge in [-0.1, -0.05) is 12.1 Å². The van der Waals surface area contributed by atoms with Crippen molar-refractivity contribution >= 4 is 0 Å². The molecule has 1 heterocycles. The maximum Gasteiger partial charge on any atom is 0.119 e. The van der Waals surface area contributed by atoms with E-state index in [0.717, 1.165) is 31.8 Å². The second-order valence-corrected chi connectivity index (χ2v) is 5.30. The Kier molecular flexibility index (Phi) is 4.61. The van der Waals surface area contributed by atoms with Gasteiger partial charge in [0.2, 0.25) is 0 Å². The van der Waals surface area contributed by atoms with Crippen molar-refractivity contribution in [2.75, 3.05) is 26.7 Å². The van der Waals surface area contributed by atoms with Gasteiger partial charge in [-0.25, -0.2) is 0 Å². The van der Waals surface area contributed by atoms with E-state index in [1.54, 1.807) is 7.11 Å². The Hall–Kier alpha value is -1.06. The second kappa shape index (κ2) is 6.21. The van der Waals surface area contributed by atoms with Gasteiger partial charge >= 0.3 is 0 Å². The van der Waals surface area contributed by atoms with Crippen LogP contribution in [0.15, 0.2) is 24.3 Å². The van der Waals surface area contributed by atoms with E-state index in [-0.39, 0.29) is 0 Å². The molecule has 0 aliphatic carbocycles. The van der Waals surface area contributed by atoms with E-state index in [9.17, 15) is 0 Å². The second-order valence-electron chi connectivity index (χ2n) is 5.30. The molecule has 1 fully saturated rings. The van der Waals surface area contributed by atoms with Crippen molar-refractivity contribution in [3.8, 4) is 5.75 Å². The van der Waals surface area contributed by atoms with E-state index in [2.05, 4.69) is 42.3 Å². The summed E-state index contributed by atoms with van der Waals surface area (Å²) in [6, 6.07) is 9.57. The molecule has 1 aliphatic rings. The van der Waals surface area contributed by atoms with Gasteiger partial charge in [0.15, 0.2) is 0 Å². The van der Waals surface area contributed by atoms with E-state index in [4.69, 9.17) is 4.74 Å². The van der Waals surface area contributed by atoms with Crippen molar-refractivity contribution < 1.29 is 4.74 Å². The Morgan fingerprint density at radius 3 is 3.00 bits per heavy atom. The molecule has 0 bridgehead atoms. The van der Waals surface area contributed by atoms with Crippen LogP contribution < -0.4 is 10.1 Å². The van der Waals surface area contributed by atoms with E-state index in [1.165, 1.54) is 5.56 Å². The molecule has 0 saturated carbocycles. The third kappa shape index (κ3) is 3.47. The van der Waals surface area contributed by atoms with Crippen LogP contribution in [0.2, 0.25) is 0 Å². The van der Waals surface area contributed by atoms with Gasteiger partial charge in [-0.3, -0.25) is 4.90 Å². The number of nitrogens with zero attached hydrogens (tertiary/aromatic N) is 1. The molecular weight excluding hydrogens is 224 g/mol. The molecule has 3 heteroatoms. The van der Waals surface area contributed by atoms with Gasteiger partial charge in [0, 0.05) is 31.7 Å². The number of rotatable bonds is 4. The first-order valence-corrected chi connectivity index (χ1v) is 6.79. The largest absolute Gasteiger partial charge is 0.497 e. The fourth-order valence-electron chi connectivity index (χ4n) is 2.54. The quantitative estimate of drug-likeness (QED) is 0.881. The molecule has 0 radical (unpaired) electrons. The molecule has 0 amide bonds. The molecule has 1 aromatic carbocycles. The fraction of sp³-hybridized carbons (Fsp3) is 0.600. The molecule has 1 aromatic rings. The highest BCUT2D eigenvalue weighted by molar-refractivity contribution is 5.29. The lowest BCUT2D eigenvalue weighted by Crippen LogP contribution is -2.53. The molecule has 1 N–H and O–H groups in total. The Bertz CT molecular complexity index is 379. The van der Waals surface area contributed by atoms with Crippen molar-refractivity contribution in [1.29, 1.82) is 0 Å². The summed E-state index contributed by atoms with van der Waals surface area (Å²) in [6.07, 6.45) is 1.07. The zero-order valence-electron chi connectivity index (χ0n) is 11.6. The van der Waals surface area contributed by atoms with Gasteiger partial charge < -0.3 is 10.1 Å². The first-order chi connectivity index (χ1) is 8.69. The highest BCUT2D eigenvalue weighted by Gasteiger charge is 2.21. The van der Waals surface area contributed by atoms with Crippen LogP contribution in [0, 0.1) is 0 Å². The third-order valence-corrected chi connectivity index (χ3v) is 3.63. The van der Waals surface area contributed by atoms with Crippen molar-refractivity contribution in [2.45, 2.75) is 32.4 Å². The molecular formula is C15H24N2O. The number of benzene rings is 1. The van der Waals surface area contributed by atoms with Crippen LogP contribution in [-0.4, -0.2) is 43.7 Å². The van der Waals surface area contributed by atoms with Gasteiger partial charge in [-0.15, -0.1) is 0 Å². The molecule has 18 heavy (non-hydrogen) atoms. The maximum absolute atomic E-state index is 5.27. The minimum atomic E-state index is 0.549. The lowest BCUT2D eigenvalue weighted by molar-refractivity contribution is 0.161. The number of nitrogens with one attached hydrogen (secondary N) is 1. The predicted molar refractivity (Wildman–Crippen MR) is 75.2 cm³/mol. The smallest absolute Gasteiger partial charge is 0.119 e. The van der Waals surface area contributed by atoms with Crippen LogP contribution in [0.1, 0.15) is 19.4 Å². The zero-order valence-corrected chi connectivity index (χ0v) is 11.6. The third-order valence-electron chi connectivity index (χ3n) is 3.63. The standard InChI is InChI=1S/C15H24N2O/c1-12(2)17-8-7-16-14(11-17)9-13-5-4-6-15(10-13)18-3/h4-6,10,12,14,16H,7-9,11H2,1-3H3. The van der Waals surface area contributed by atoms with Crippen molar-refractivity contribution in [2.24, 2.45) is 0 Å². The lowest BCUT2D eigenvalue weighted by atomic mass is 10.0. The summed E-state index contributed by atoms with van der Waals surface area (Å²) in [7, 11) is 1.72. The summed E-state index contributed by atoms with van der Waals surface area (Å²) < 4.78 is 5.27. The van der Waals surface area contributed by atoms with Crippen LogP contribution in [0.3, 0.4) is 0 Å². The summed E-state index contributed by atoms with van der Waals surface area (Å²) in [5.41, 5.74) is 1.34. The number of hydrogen-bond acceptors (Lipinski definition) is 3. The molecule has 0 aromatic heterocycles. The van der Waals surface area contributed by atoms with Crippen LogP contribution in [0.25, 0.3) is 0 Å². The molecule has 1 aliphatic heterocycles. The summed E-state index contributed by atoms with van der Waals surface area (Å²) in [4.78, 5) is 2.54. The van der Waals surface area contributed by atoms with Gasteiger partial charge in [0.25, 0.3) is 0 Å².